The van der Waals surface area contributed by atoms with Crippen LogP contribution in [0.4, 0.5) is 0 Å². The zero-order valence-electron chi connectivity index (χ0n) is 15.4. The number of piperazine rings is 1. The number of carbonyl (C=O) groups is 1. The summed E-state index contributed by atoms with van der Waals surface area (Å²) < 4.78 is 10.8. The van der Waals surface area contributed by atoms with E-state index >= 15 is 0 Å². The zero-order chi connectivity index (χ0) is 19.1. The predicted octanol–water partition coefficient (Wildman–Crippen LogP) is 2.48. The number of nitrogens with zero attached hydrogens (tertiary/aromatic N) is 3. The van der Waals surface area contributed by atoms with Gasteiger partial charge >= 0.3 is 0 Å². The topological polar surface area (TPSA) is 65.8 Å². The molecule has 0 saturated carbocycles. The van der Waals surface area contributed by atoms with Crippen LogP contribution in [-0.4, -0.2) is 55.6 Å². The molecule has 27 heavy (non-hydrogen) atoms. The number of benzene rings is 2. The number of para-hydroxylation sites is 1. The second kappa shape index (κ2) is 9.06. The minimum atomic E-state index is -0.349. The van der Waals surface area contributed by atoms with Gasteiger partial charge in [0.15, 0.2) is 6.61 Å². The van der Waals surface area contributed by atoms with E-state index in [1.54, 1.807) is 12.0 Å². The SMILES string of the molecule is COc1cccc(C(C#N)N2CCN(C(=O)COc3ccccc3)CC2)c1. The number of carbonyl (C=O) groups excluding carboxylic acids is 1. The van der Waals surface area contributed by atoms with Crippen molar-refractivity contribution in [2.24, 2.45) is 0 Å². The van der Waals surface area contributed by atoms with Crippen LogP contribution in [0.5, 0.6) is 11.5 Å². The first-order chi connectivity index (χ1) is 13.2. The van der Waals surface area contributed by atoms with Crippen LogP contribution in [0, 0.1) is 11.3 Å². The number of nitriles is 1. The van der Waals surface area contributed by atoms with Gasteiger partial charge in [-0.2, -0.15) is 5.26 Å². The highest BCUT2D eigenvalue weighted by molar-refractivity contribution is 5.77. The molecular weight excluding hydrogens is 342 g/mol. The molecule has 0 bridgehead atoms. The van der Waals surface area contributed by atoms with Crippen LogP contribution in [0.15, 0.2) is 54.6 Å². The zero-order valence-corrected chi connectivity index (χ0v) is 15.4. The van der Waals surface area contributed by atoms with E-state index in [4.69, 9.17) is 9.47 Å². The maximum absolute atomic E-state index is 12.4. The largest absolute Gasteiger partial charge is 0.497 e. The van der Waals surface area contributed by atoms with E-state index in [0.717, 1.165) is 11.3 Å². The second-order valence-electron chi connectivity index (χ2n) is 6.33. The van der Waals surface area contributed by atoms with Crippen molar-refractivity contribution >= 4 is 5.91 Å². The Labute approximate surface area is 159 Å². The van der Waals surface area contributed by atoms with Gasteiger partial charge in [-0.25, -0.2) is 0 Å². The second-order valence-corrected chi connectivity index (χ2v) is 6.33. The highest BCUT2D eigenvalue weighted by atomic mass is 16.5. The fourth-order valence-corrected chi connectivity index (χ4v) is 3.16. The van der Waals surface area contributed by atoms with Gasteiger partial charge in [0, 0.05) is 26.2 Å². The van der Waals surface area contributed by atoms with Crippen molar-refractivity contribution in [2.75, 3.05) is 39.9 Å². The van der Waals surface area contributed by atoms with E-state index in [2.05, 4.69) is 11.0 Å². The van der Waals surface area contributed by atoms with Crippen molar-refractivity contribution in [3.05, 3.63) is 60.2 Å². The Kier molecular flexibility index (Phi) is 6.29. The van der Waals surface area contributed by atoms with Gasteiger partial charge in [-0.3, -0.25) is 9.69 Å². The average molecular weight is 365 g/mol. The van der Waals surface area contributed by atoms with Crippen molar-refractivity contribution in [3.8, 4) is 17.6 Å². The van der Waals surface area contributed by atoms with Crippen molar-refractivity contribution in [1.29, 1.82) is 5.26 Å². The number of rotatable bonds is 6. The first-order valence-electron chi connectivity index (χ1n) is 8.94. The Hall–Kier alpha value is -3.04. The van der Waals surface area contributed by atoms with Crippen LogP contribution in [-0.2, 0) is 4.79 Å². The molecule has 1 aliphatic heterocycles. The summed E-state index contributed by atoms with van der Waals surface area (Å²) in [6, 6.07) is 18.9. The van der Waals surface area contributed by atoms with Crippen LogP contribution in [0.1, 0.15) is 11.6 Å². The van der Waals surface area contributed by atoms with Crippen LogP contribution in [0.3, 0.4) is 0 Å². The molecule has 1 aliphatic rings. The summed E-state index contributed by atoms with van der Waals surface area (Å²) in [7, 11) is 1.61. The number of methoxy groups -OCH3 is 1. The monoisotopic (exact) mass is 365 g/mol. The number of hydrogen-bond donors (Lipinski definition) is 0. The van der Waals surface area contributed by atoms with Gasteiger partial charge in [0.2, 0.25) is 0 Å². The van der Waals surface area contributed by atoms with Crippen molar-refractivity contribution in [3.63, 3.8) is 0 Å². The summed E-state index contributed by atoms with van der Waals surface area (Å²) in [4.78, 5) is 16.3. The lowest BCUT2D eigenvalue weighted by atomic mass is 10.1. The molecule has 1 amide bonds. The molecule has 0 N–H and O–H groups in total. The maximum atomic E-state index is 12.4. The van der Waals surface area contributed by atoms with Gasteiger partial charge in [0.25, 0.3) is 5.91 Å². The smallest absolute Gasteiger partial charge is 0.260 e. The van der Waals surface area contributed by atoms with Gasteiger partial charge in [-0.1, -0.05) is 30.3 Å². The molecule has 3 rings (SSSR count). The fraction of sp³-hybridized carbons (Fsp3) is 0.333. The van der Waals surface area contributed by atoms with E-state index in [0.29, 0.717) is 31.9 Å². The lowest BCUT2D eigenvalue weighted by Gasteiger charge is -2.37. The molecule has 0 radical (unpaired) electrons. The summed E-state index contributed by atoms with van der Waals surface area (Å²) in [5, 5.41) is 9.65. The normalized spacial score (nSPS) is 15.6. The third kappa shape index (κ3) is 4.78. The Morgan fingerprint density at radius 3 is 2.44 bits per heavy atom. The highest BCUT2D eigenvalue weighted by Gasteiger charge is 2.27. The molecule has 6 heteroatoms. The molecule has 1 atom stereocenters. The van der Waals surface area contributed by atoms with Crippen LogP contribution in [0.2, 0.25) is 0 Å². The Bertz CT molecular complexity index is 796. The van der Waals surface area contributed by atoms with Gasteiger partial charge in [0.1, 0.15) is 17.5 Å². The number of amides is 1. The molecule has 2 aromatic carbocycles. The molecule has 0 aliphatic carbocycles. The van der Waals surface area contributed by atoms with Gasteiger partial charge in [-0.15, -0.1) is 0 Å². The summed E-state index contributed by atoms with van der Waals surface area (Å²) in [5.41, 5.74) is 0.907. The summed E-state index contributed by atoms with van der Waals surface area (Å²) in [5.74, 6) is 1.39. The third-order valence-electron chi connectivity index (χ3n) is 4.67. The highest BCUT2D eigenvalue weighted by Crippen LogP contribution is 2.25. The minimum absolute atomic E-state index is 0.0293. The molecule has 140 valence electrons. The first-order valence-corrected chi connectivity index (χ1v) is 8.94. The van der Waals surface area contributed by atoms with Crippen molar-refractivity contribution in [2.45, 2.75) is 6.04 Å². The van der Waals surface area contributed by atoms with Crippen LogP contribution < -0.4 is 9.47 Å². The molecule has 1 unspecified atom stereocenters. The first kappa shape index (κ1) is 18.7. The fourth-order valence-electron chi connectivity index (χ4n) is 3.16. The molecular formula is C21H23N3O3. The van der Waals surface area contributed by atoms with E-state index in [1.807, 2.05) is 54.6 Å². The van der Waals surface area contributed by atoms with Gasteiger partial charge in [0.05, 0.1) is 13.2 Å². The molecule has 1 saturated heterocycles. The molecule has 1 fully saturated rings. The Morgan fingerprint density at radius 1 is 1.07 bits per heavy atom. The van der Waals surface area contributed by atoms with E-state index < -0.39 is 0 Å². The molecule has 0 aromatic heterocycles. The maximum Gasteiger partial charge on any atom is 0.260 e. The van der Waals surface area contributed by atoms with Crippen molar-refractivity contribution in [1.82, 2.24) is 9.80 Å². The van der Waals surface area contributed by atoms with Gasteiger partial charge < -0.3 is 14.4 Å². The Balaban J connectivity index is 1.54. The third-order valence-corrected chi connectivity index (χ3v) is 4.67. The lowest BCUT2D eigenvalue weighted by molar-refractivity contribution is -0.135. The summed E-state index contributed by atoms with van der Waals surface area (Å²) in [6.45, 7) is 2.48. The minimum Gasteiger partial charge on any atom is -0.497 e. The lowest BCUT2D eigenvalue weighted by Crippen LogP contribution is -2.50. The van der Waals surface area contributed by atoms with Crippen LogP contribution in [0.25, 0.3) is 0 Å². The van der Waals surface area contributed by atoms with E-state index in [1.165, 1.54) is 0 Å². The molecule has 2 aromatic rings. The van der Waals surface area contributed by atoms with Gasteiger partial charge in [-0.05, 0) is 29.8 Å². The standard InChI is InChI=1S/C21H23N3O3/c1-26-19-9-5-6-17(14-19)20(15-22)23-10-12-24(13-11-23)21(25)16-27-18-7-3-2-4-8-18/h2-9,14,20H,10-13,16H2,1H3. The molecule has 6 nitrogen and oxygen atoms in total. The summed E-state index contributed by atoms with van der Waals surface area (Å²) >= 11 is 0. The molecule has 1 heterocycles. The average Bonchev–Trinajstić information content (AvgIpc) is 2.74. The quantitative estimate of drug-likeness (QED) is 0.787. The van der Waals surface area contributed by atoms with E-state index in [9.17, 15) is 10.1 Å². The van der Waals surface area contributed by atoms with Crippen LogP contribution >= 0.6 is 0 Å². The summed E-state index contributed by atoms with van der Waals surface area (Å²) in [6.07, 6.45) is 0. The number of ether oxygens (including phenoxy) is 2. The van der Waals surface area contributed by atoms with E-state index in [-0.39, 0.29) is 18.6 Å². The molecule has 0 spiro atoms. The number of hydrogen-bond acceptors (Lipinski definition) is 5. The predicted molar refractivity (Wildman–Crippen MR) is 101 cm³/mol. The Morgan fingerprint density at radius 2 is 1.78 bits per heavy atom. The van der Waals surface area contributed by atoms with Crippen molar-refractivity contribution < 1.29 is 14.3 Å².